The fourth-order valence-corrected chi connectivity index (χ4v) is 9.96. The lowest BCUT2D eigenvalue weighted by atomic mass is 9.89. The zero-order valence-electron chi connectivity index (χ0n) is 39.0. The van der Waals surface area contributed by atoms with Crippen molar-refractivity contribution < 1.29 is 29.0 Å². The van der Waals surface area contributed by atoms with Crippen molar-refractivity contribution in [2.75, 3.05) is 31.3 Å². The van der Waals surface area contributed by atoms with Crippen LogP contribution in [0.5, 0.6) is 11.5 Å². The number of aromatic nitrogens is 2. The third-order valence-electron chi connectivity index (χ3n) is 14.3. The molecule has 6 aromatic rings. The van der Waals surface area contributed by atoms with Crippen LogP contribution in [-0.4, -0.2) is 74.2 Å². The van der Waals surface area contributed by atoms with Crippen molar-refractivity contribution in [1.29, 1.82) is 5.26 Å². The maximum atomic E-state index is 15.2. The van der Waals surface area contributed by atoms with Crippen LogP contribution in [0.2, 0.25) is 0 Å². The number of fused-ring (bicyclic) bond motifs is 2. The van der Waals surface area contributed by atoms with Gasteiger partial charge in [-0.1, -0.05) is 36.4 Å². The van der Waals surface area contributed by atoms with E-state index >= 15 is 9.59 Å². The highest BCUT2D eigenvalue weighted by Crippen LogP contribution is 2.38. The molecule has 0 saturated carbocycles. The van der Waals surface area contributed by atoms with Crippen LogP contribution in [0.4, 0.5) is 11.4 Å². The van der Waals surface area contributed by atoms with Crippen molar-refractivity contribution in [3.63, 3.8) is 0 Å². The minimum Gasteiger partial charge on any atom is -0.508 e. The summed E-state index contributed by atoms with van der Waals surface area (Å²) in [5.41, 5.74) is 10.5. The van der Waals surface area contributed by atoms with Crippen molar-refractivity contribution in [2.24, 2.45) is 20.0 Å². The summed E-state index contributed by atoms with van der Waals surface area (Å²) >= 11 is 0. The number of benzene rings is 4. The van der Waals surface area contributed by atoms with E-state index in [9.17, 15) is 15.2 Å². The molecule has 2 aromatic heterocycles. The van der Waals surface area contributed by atoms with E-state index in [1.54, 1.807) is 34.7 Å². The van der Waals surface area contributed by atoms with Gasteiger partial charge in [0.2, 0.25) is 5.91 Å². The topological polar surface area (TPSA) is 133 Å². The molecule has 12 nitrogen and oxygen atoms in total. The van der Waals surface area contributed by atoms with Gasteiger partial charge < -0.3 is 33.5 Å². The first-order valence-electron chi connectivity index (χ1n) is 23.4. The first-order valence-corrected chi connectivity index (χ1v) is 23.4. The predicted octanol–water partition coefficient (Wildman–Crippen LogP) is 9.11. The predicted molar refractivity (Wildman–Crippen MR) is 257 cm³/mol. The Kier molecular flexibility index (Phi) is 12.8. The van der Waals surface area contributed by atoms with E-state index in [0.29, 0.717) is 83.7 Å². The number of carbonyl (C=O) groups is 3. The van der Waals surface area contributed by atoms with Crippen molar-refractivity contribution in [1.82, 2.24) is 18.9 Å². The minimum atomic E-state index is -0.322. The molecule has 67 heavy (non-hydrogen) atoms. The number of anilines is 2. The summed E-state index contributed by atoms with van der Waals surface area (Å²) in [7, 11) is 3.70. The van der Waals surface area contributed by atoms with Crippen molar-refractivity contribution in [2.45, 2.75) is 78.4 Å². The molecule has 0 aliphatic carbocycles. The number of nitriles is 1. The van der Waals surface area contributed by atoms with Gasteiger partial charge >= 0.3 is 0 Å². The maximum Gasteiger partial charge on any atom is 0.264 e. The Morgan fingerprint density at radius 1 is 0.836 bits per heavy atom. The van der Waals surface area contributed by atoms with Crippen LogP contribution in [0.3, 0.4) is 0 Å². The molecule has 0 unspecified atom stereocenters. The zero-order valence-corrected chi connectivity index (χ0v) is 39.0. The quantitative estimate of drug-likeness (QED) is 0.137. The fraction of sp³-hybridized carbons (Fsp3) is 0.345. The molecule has 5 heterocycles. The first kappa shape index (κ1) is 45.1. The maximum absolute atomic E-state index is 15.2. The van der Waals surface area contributed by atoms with Crippen LogP contribution in [0.15, 0.2) is 97.1 Å². The summed E-state index contributed by atoms with van der Waals surface area (Å²) in [6.45, 7) is 9.53. The van der Waals surface area contributed by atoms with E-state index in [1.165, 1.54) is 17.7 Å². The van der Waals surface area contributed by atoms with Crippen LogP contribution in [0.25, 0.3) is 11.3 Å². The highest BCUT2D eigenvalue weighted by Gasteiger charge is 2.34. The summed E-state index contributed by atoms with van der Waals surface area (Å²) in [6, 6.07) is 32.3. The number of nitrogens with zero attached hydrogens (tertiary/aromatic N) is 6. The highest BCUT2D eigenvalue weighted by atomic mass is 16.5. The molecule has 3 amide bonds. The van der Waals surface area contributed by atoms with E-state index in [1.807, 2.05) is 83.8 Å². The summed E-state index contributed by atoms with van der Waals surface area (Å²) < 4.78 is 15.3. The molecule has 3 aliphatic heterocycles. The van der Waals surface area contributed by atoms with Crippen molar-refractivity contribution >= 4 is 29.1 Å². The lowest BCUT2D eigenvalue weighted by molar-refractivity contribution is -0.131. The molecule has 1 atom stereocenters. The van der Waals surface area contributed by atoms with Gasteiger partial charge in [-0.05, 0) is 147 Å². The van der Waals surface area contributed by atoms with Crippen LogP contribution < -0.4 is 9.64 Å². The number of rotatable bonds is 11. The molecule has 0 spiro atoms. The van der Waals surface area contributed by atoms with Gasteiger partial charge in [0.1, 0.15) is 23.3 Å². The molecule has 1 saturated heterocycles. The lowest BCUT2D eigenvalue weighted by Crippen LogP contribution is -2.43. The van der Waals surface area contributed by atoms with Crippen molar-refractivity contribution in [3.05, 3.63) is 153 Å². The lowest BCUT2D eigenvalue weighted by Gasteiger charge is -2.36. The zero-order chi connectivity index (χ0) is 46.9. The Labute approximate surface area is 392 Å². The first-order chi connectivity index (χ1) is 32.4. The average molecular weight is 899 g/mol. The Balaban J connectivity index is 1.03. The number of ether oxygens (including phenoxy) is 2. The second kappa shape index (κ2) is 19.0. The van der Waals surface area contributed by atoms with E-state index in [-0.39, 0.29) is 35.9 Å². The van der Waals surface area contributed by atoms with E-state index in [2.05, 4.69) is 31.2 Å². The van der Waals surface area contributed by atoms with Gasteiger partial charge in [0, 0.05) is 86.9 Å². The third-order valence-corrected chi connectivity index (χ3v) is 14.3. The Morgan fingerprint density at radius 3 is 2.28 bits per heavy atom. The number of hydrogen-bond acceptors (Lipinski definition) is 7. The summed E-state index contributed by atoms with van der Waals surface area (Å²) in [4.78, 5) is 49.6. The van der Waals surface area contributed by atoms with Crippen LogP contribution in [0.1, 0.15) is 91.8 Å². The molecule has 1 N–H and O–H groups in total. The molecule has 4 aromatic carbocycles. The molecule has 0 radical (unpaired) electrons. The summed E-state index contributed by atoms with van der Waals surface area (Å²) in [5.74, 6) is 1.09. The van der Waals surface area contributed by atoms with Crippen LogP contribution in [0, 0.1) is 31.1 Å². The number of carbonyl (C=O) groups excluding carboxylic acids is 3. The van der Waals surface area contributed by atoms with Crippen molar-refractivity contribution in [3.8, 4) is 28.8 Å². The Morgan fingerprint density at radius 2 is 1.57 bits per heavy atom. The van der Waals surface area contributed by atoms with Gasteiger partial charge in [-0.15, -0.1) is 0 Å². The molecule has 344 valence electrons. The SMILES string of the molecule is Cc1c(N(C(=O)c2cc(-c3cc4c(cc3C(=O)N3Cc5ccccc5C[C@H]3C)CN(C(=O)Cc3ccc(OCCC5CCOCC5)cc3)CC4)n(C)c2C)c2ccc(O)cc2)cc(C#N)n1C. The summed E-state index contributed by atoms with van der Waals surface area (Å²) in [6.07, 6.45) is 4.76. The largest absolute Gasteiger partial charge is 0.508 e. The van der Waals surface area contributed by atoms with Crippen LogP contribution in [-0.2, 0) is 56.0 Å². The number of phenols is 1. The molecule has 12 heteroatoms. The smallest absolute Gasteiger partial charge is 0.264 e. The summed E-state index contributed by atoms with van der Waals surface area (Å²) in [5, 5.41) is 20.1. The van der Waals surface area contributed by atoms with Gasteiger partial charge in [-0.3, -0.25) is 19.3 Å². The normalized spacial score (nSPS) is 16.0. The Bertz CT molecular complexity index is 2880. The second-order valence-corrected chi connectivity index (χ2v) is 18.4. The minimum absolute atomic E-state index is 0.0204. The van der Waals surface area contributed by atoms with E-state index < -0.39 is 0 Å². The molecule has 3 aliphatic rings. The highest BCUT2D eigenvalue weighted by molar-refractivity contribution is 6.13. The van der Waals surface area contributed by atoms with Gasteiger partial charge in [0.15, 0.2) is 0 Å². The fourth-order valence-electron chi connectivity index (χ4n) is 9.96. The standard InChI is InChI=1S/C55H58N6O6/c1-35-26-40-8-6-7-9-42(40)34-60(35)54(64)50-29-43-33-59(53(63)27-39-10-16-47(17-11-39)67-25-21-38-19-23-66-24-20-38)22-18-41(43)28-49(50)52-31-48(36(2)58(52)5)55(65)61(44-12-14-46(62)15-13-44)51-30-45(32-56)57(4)37(51)3/h6-17,28-31,35,38,62H,18-27,33-34H2,1-5H3/t35-/m1/s1. The average Bonchev–Trinajstić information content (AvgIpc) is 3.80. The Hall–Kier alpha value is -7.10. The van der Waals surface area contributed by atoms with Gasteiger partial charge in [-0.2, -0.15) is 5.26 Å². The third kappa shape index (κ3) is 9.08. The second-order valence-electron chi connectivity index (χ2n) is 18.4. The number of aromatic hydroxyl groups is 1. The number of hydrogen-bond donors (Lipinski definition) is 1. The van der Waals surface area contributed by atoms with E-state index in [4.69, 9.17) is 9.47 Å². The number of amides is 3. The molecule has 1 fully saturated rings. The molecular formula is C55H58N6O6. The van der Waals surface area contributed by atoms with Crippen LogP contribution >= 0.6 is 0 Å². The molecule has 9 rings (SSSR count). The molecular weight excluding hydrogens is 841 g/mol. The number of phenolic OH excluding ortho intramolecular Hbond substituents is 1. The molecule has 0 bridgehead atoms. The monoisotopic (exact) mass is 898 g/mol. The van der Waals surface area contributed by atoms with Gasteiger partial charge in [-0.25, -0.2) is 0 Å². The van der Waals surface area contributed by atoms with E-state index in [0.717, 1.165) is 72.6 Å². The van der Waals surface area contributed by atoms with Gasteiger partial charge in [0.25, 0.3) is 11.8 Å². The van der Waals surface area contributed by atoms with Gasteiger partial charge in [0.05, 0.1) is 24.3 Å².